The second-order valence-electron chi connectivity index (χ2n) is 5.24. The van der Waals surface area contributed by atoms with Crippen LogP contribution in [0.4, 0.5) is 5.69 Å². The molecule has 0 saturated carbocycles. The van der Waals surface area contributed by atoms with Crippen LogP contribution < -0.4 is 10.2 Å². The van der Waals surface area contributed by atoms with Gasteiger partial charge in [-0.1, -0.05) is 32.4 Å². The molecule has 1 N–H and O–H groups in total. The predicted octanol–water partition coefficient (Wildman–Crippen LogP) is 2.81. The first-order valence-electron chi connectivity index (χ1n) is 6.75. The molecule has 1 aliphatic heterocycles. The highest BCUT2D eigenvalue weighted by molar-refractivity contribution is 5.57. The molecular formula is C15H24N2. The zero-order chi connectivity index (χ0) is 12.3. The molecule has 1 atom stereocenters. The van der Waals surface area contributed by atoms with Gasteiger partial charge in [0, 0.05) is 25.8 Å². The van der Waals surface area contributed by atoms with Crippen LogP contribution in [0.1, 0.15) is 31.4 Å². The predicted molar refractivity (Wildman–Crippen MR) is 74.6 cm³/mol. The second-order valence-corrected chi connectivity index (χ2v) is 5.24. The average molecular weight is 232 g/mol. The van der Waals surface area contributed by atoms with E-state index in [2.05, 4.69) is 49.3 Å². The Balaban J connectivity index is 2.20. The maximum atomic E-state index is 3.48. The molecule has 0 aromatic heterocycles. The lowest BCUT2D eigenvalue weighted by Crippen LogP contribution is -2.29. The summed E-state index contributed by atoms with van der Waals surface area (Å²) in [5.74, 6) is 0.757. The zero-order valence-electron chi connectivity index (χ0n) is 11.3. The van der Waals surface area contributed by atoms with Crippen molar-refractivity contribution < 1.29 is 0 Å². The lowest BCUT2D eigenvalue weighted by Gasteiger charge is -2.28. The molecule has 1 heterocycles. The van der Waals surface area contributed by atoms with Gasteiger partial charge in [-0.25, -0.2) is 0 Å². The molecule has 0 spiro atoms. The Bertz CT molecular complexity index is 373. The summed E-state index contributed by atoms with van der Waals surface area (Å²) in [5.41, 5.74) is 4.44. The summed E-state index contributed by atoms with van der Waals surface area (Å²) < 4.78 is 0. The molecule has 2 heteroatoms. The number of hydrogen-bond donors (Lipinski definition) is 1. The van der Waals surface area contributed by atoms with Crippen LogP contribution in [0.5, 0.6) is 0 Å². The third kappa shape index (κ3) is 2.81. The smallest absolute Gasteiger partial charge is 0.0412 e. The Labute approximate surface area is 105 Å². The lowest BCUT2D eigenvalue weighted by atomic mass is 9.98. The van der Waals surface area contributed by atoms with Gasteiger partial charge in [-0.15, -0.1) is 0 Å². The van der Waals surface area contributed by atoms with Crippen molar-refractivity contribution in [2.75, 3.05) is 25.0 Å². The number of nitrogens with zero attached hydrogens (tertiary/aromatic N) is 1. The molecule has 0 amide bonds. The van der Waals surface area contributed by atoms with Gasteiger partial charge in [0.25, 0.3) is 0 Å². The molecule has 2 nitrogen and oxygen atoms in total. The van der Waals surface area contributed by atoms with Gasteiger partial charge >= 0.3 is 0 Å². The monoisotopic (exact) mass is 232 g/mol. The average Bonchev–Trinajstić information content (AvgIpc) is 2.37. The highest BCUT2D eigenvalue weighted by atomic mass is 15.1. The molecule has 1 aliphatic rings. The number of nitrogens with one attached hydrogen (secondary N) is 1. The summed E-state index contributed by atoms with van der Waals surface area (Å²) in [5, 5.41) is 3.48. The fourth-order valence-corrected chi connectivity index (χ4v) is 2.55. The van der Waals surface area contributed by atoms with Crippen molar-refractivity contribution in [1.82, 2.24) is 5.32 Å². The number of rotatable bonds is 4. The van der Waals surface area contributed by atoms with Gasteiger partial charge in [0.1, 0.15) is 0 Å². The maximum absolute atomic E-state index is 3.48. The van der Waals surface area contributed by atoms with Crippen molar-refractivity contribution in [3.63, 3.8) is 0 Å². The van der Waals surface area contributed by atoms with Crippen molar-refractivity contribution in [2.24, 2.45) is 5.92 Å². The van der Waals surface area contributed by atoms with E-state index in [0.29, 0.717) is 0 Å². The van der Waals surface area contributed by atoms with E-state index < -0.39 is 0 Å². The summed E-state index contributed by atoms with van der Waals surface area (Å²) in [6, 6.07) is 6.73. The fourth-order valence-electron chi connectivity index (χ4n) is 2.55. The SMILES string of the molecule is CCC(C)CN(C)c1cccc2c1CNCC2. The van der Waals surface area contributed by atoms with Crippen LogP contribution in [0.15, 0.2) is 18.2 Å². The number of fused-ring (bicyclic) bond motifs is 1. The number of benzene rings is 1. The second kappa shape index (κ2) is 5.54. The molecule has 17 heavy (non-hydrogen) atoms. The molecule has 1 aromatic rings. The van der Waals surface area contributed by atoms with Crippen LogP contribution in [0.2, 0.25) is 0 Å². The molecule has 0 radical (unpaired) electrons. The Kier molecular flexibility index (Phi) is 4.06. The molecule has 1 aromatic carbocycles. The van der Waals surface area contributed by atoms with E-state index in [9.17, 15) is 0 Å². The van der Waals surface area contributed by atoms with Gasteiger partial charge in [0.05, 0.1) is 0 Å². The highest BCUT2D eigenvalue weighted by Gasteiger charge is 2.15. The lowest BCUT2D eigenvalue weighted by molar-refractivity contribution is 0.557. The molecule has 0 fully saturated rings. The summed E-state index contributed by atoms with van der Waals surface area (Å²) in [4.78, 5) is 2.42. The number of hydrogen-bond acceptors (Lipinski definition) is 2. The Morgan fingerprint density at radius 2 is 2.24 bits per heavy atom. The molecular weight excluding hydrogens is 208 g/mol. The molecule has 0 aliphatic carbocycles. The minimum absolute atomic E-state index is 0.757. The molecule has 1 unspecified atom stereocenters. The van der Waals surface area contributed by atoms with Crippen LogP contribution in [-0.4, -0.2) is 20.1 Å². The van der Waals surface area contributed by atoms with Gasteiger partial charge in [0.15, 0.2) is 0 Å². The van der Waals surface area contributed by atoms with E-state index in [0.717, 1.165) is 25.6 Å². The van der Waals surface area contributed by atoms with Crippen LogP contribution in [-0.2, 0) is 13.0 Å². The van der Waals surface area contributed by atoms with E-state index in [1.807, 2.05) is 0 Å². The molecule has 0 saturated heterocycles. The van der Waals surface area contributed by atoms with E-state index in [-0.39, 0.29) is 0 Å². The first-order valence-corrected chi connectivity index (χ1v) is 6.75. The van der Waals surface area contributed by atoms with E-state index >= 15 is 0 Å². The Hall–Kier alpha value is -1.02. The number of anilines is 1. The van der Waals surface area contributed by atoms with Gasteiger partial charge in [-0.05, 0) is 36.1 Å². The van der Waals surface area contributed by atoms with Crippen LogP contribution in [0.25, 0.3) is 0 Å². The minimum Gasteiger partial charge on any atom is -0.374 e. The zero-order valence-corrected chi connectivity index (χ0v) is 11.3. The van der Waals surface area contributed by atoms with E-state index in [1.165, 1.54) is 29.7 Å². The maximum Gasteiger partial charge on any atom is 0.0412 e. The largest absolute Gasteiger partial charge is 0.374 e. The van der Waals surface area contributed by atoms with Crippen molar-refractivity contribution in [2.45, 2.75) is 33.2 Å². The third-order valence-electron chi connectivity index (χ3n) is 3.81. The normalized spacial score (nSPS) is 16.4. The minimum atomic E-state index is 0.757. The van der Waals surface area contributed by atoms with Gasteiger partial charge in [0.2, 0.25) is 0 Å². The van der Waals surface area contributed by atoms with Crippen LogP contribution in [0, 0.1) is 5.92 Å². The third-order valence-corrected chi connectivity index (χ3v) is 3.81. The first-order chi connectivity index (χ1) is 8.22. The van der Waals surface area contributed by atoms with Crippen molar-refractivity contribution in [3.8, 4) is 0 Å². The molecule has 94 valence electrons. The Morgan fingerprint density at radius 1 is 1.41 bits per heavy atom. The summed E-state index contributed by atoms with van der Waals surface area (Å²) >= 11 is 0. The van der Waals surface area contributed by atoms with Crippen LogP contribution >= 0.6 is 0 Å². The molecule has 0 bridgehead atoms. The first kappa shape index (κ1) is 12.4. The van der Waals surface area contributed by atoms with Crippen molar-refractivity contribution in [3.05, 3.63) is 29.3 Å². The Morgan fingerprint density at radius 3 is 3.00 bits per heavy atom. The van der Waals surface area contributed by atoms with Crippen molar-refractivity contribution in [1.29, 1.82) is 0 Å². The van der Waals surface area contributed by atoms with Gasteiger partial charge < -0.3 is 10.2 Å². The quantitative estimate of drug-likeness (QED) is 0.858. The van der Waals surface area contributed by atoms with Crippen molar-refractivity contribution >= 4 is 5.69 Å². The fraction of sp³-hybridized carbons (Fsp3) is 0.600. The standard InChI is InChI=1S/C15H24N2/c1-4-12(2)11-17(3)15-7-5-6-13-8-9-16-10-14(13)15/h5-7,12,16H,4,8-11H2,1-3H3. The molecule has 2 rings (SSSR count). The highest BCUT2D eigenvalue weighted by Crippen LogP contribution is 2.26. The summed E-state index contributed by atoms with van der Waals surface area (Å²) in [6.07, 6.45) is 2.41. The summed E-state index contributed by atoms with van der Waals surface area (Å²) in [6.45, 7) is 7.87. The summed E-state index contributed by atoms with van der Waals surface area (Å²) in [7, 11) is 2.22. The van der Waals surface area contributed by atoms with E-state index in [1.54, 1.807) is 0 Å². The topological polar surface area (TPSA) is 15.3 Å². The van der Waals surface area contributed by atoms with E-state index in [4.69, 9.17) is 0 Å². The van der Waals surface area contributed by atoms with Crippen LogP contribution in [0.3, 0.4) is 0 Å². The van der Waals surface area contributed by atoms with Gasteiger partial charge in [-0.3, -0.25) is 0 Å². The van der Waals surface area contributed by atoms with Gasteiger partial charge in [-0.2, -0.15) is 0 Å².